The van der Waals surface area contributed by atoms with Gasteiger partial charge in [0.2, 0.25) is 0 Å². The van der Waals surface area contributed by atoms with Crippen molar-refractivity contribution in [3.05, 3.63) is 28.9 Å². The van der Waals surface area contributed by atoms with Crippen LogP contribution in [0.2, 0.25) is 0 Å². The Labute approximate surface area is 102 Å². The Morgan fingerprint density at radius 1 is 1.44 bits per heavy atom. The first-order chi connectivity index (χ1) is 7.68. The van der Waals surface area contributed by atoms with Gasteiger partial charge < -0.3 is 5.73 Å². The van der Waals surface area contributed by atoms with Crippen molar-refractivity contribution in [2.24, 2.45) is 5.73 Å². The summed E-state index contributed by atoms with van der Waals surface area (Å²) in [6.45, 7) is 0. The summed E-state index contributed by atoms with van der Waals surface area (Å²) in [7, 11) is 0. The highest BCUT2D eigenvalue weighted by Gasteiger charge is 2.37. The van der Waals surface area contributed by atoms with E-state index in [1.165, 1.54) is 0 Å². The van der Waals surface area contributed by atoms with Crippen molar-refractivity contribution in [3.8, 4) is 0 Å². The van der Waals surface area contributed by atoms with Crippen molar-refractivity contribution in [2.45, 2.75) is 31.2 Å². The van der Waals surface area contributed by atoms with Gasteiger partial charge in [-0.3, -0.25) is 9.38 Å². The second-order valence-electron chi connectivity index (χ2n) is 4.51. The van der Waals surface area contributed by atoms with E-state index >= 15 is 0 Å². The number of aryl methyl sites for hydroxylation is 1. The summed E-state index contributed by atoms with van der Waals surface area (Å²) >= 11 is 3.45. The van der Waals surface area contributed by atoms with Crippen LogP contribution < -0.4 is 5.73 Å². The minimum Gasteiger partial charge on any atom is -0.325 e. The summed E-state index contributed by atoms with van der Waals surface area (Å²) in [5.41, 5.74) is 8.12. The number of halogens is 1. The van der Waals surface area contributed by atoms with Crippen molar-refractivity contribution in [2.75, 3.05) is 0 Å². The molecule has 1 saturated carbocycles. The summed E-state index contributed by atoms with van der Waals surface area (Å²) in [5.74, 6) is 0. The Hall–Kier alpha value is -0.940. The molecule has 3 rings (SSSR count). The molecule has 2 aromatic rings. The van der Waals surface area contributed by atoms with Crippen LogP contribution in [-0.2, 0) is 6.42 Å². The van der Waals surface area contributed by atoms with Crippen LogP contribution in [0.5, 0.6) is 0 Å². The van der Waals surface area contributed by atoms with Crippen molar-refractivity contribution >= 4 is 21.6 Å². The molecular weight excluding hydrogens is 268 g/mol. The van der Waals surface area contributed by atoms with Crippen molar-refractivity contribution in [3.63, 3.8) is 0 Å². The highest BCUT2D eigenvalue weighted by molar-refractivity contribution is 9.10. The van der Waals surface area contributed by atoms with Crippen LogP contribution in [0.25, 0.3) is 5.65 Å². The average molecular weight is 281 g/mol. The monoisotopic (exact) mass is 280 g/mol. The molecule has 2 N–H and O–H groups in total. The highest BCUT2D eigenvalue weighted by Crippen LogP contribution is 2.36. The van der Waals surface area contributed by atoms with Gasteiger partial charge in [-0.15, -0.1) is 0 Å². The Morgan fingerprint density at radius 2 is 2.25 bits per heavy atom. The molecule has 5 heteroatoms. The molecule has 0 amide bonds. The number of imidazole rings is 1. The molecule has 0 bridgehead atoms. The molecule has 2 heterocycles. The number of rotatable bonds is 3. The molecule has 0 aliphatic heterocycles. The summed E-state index contributed by atoms with van der Waals surface area (Å²) < 4.78 is 2.96. The molecule has 1 aliphatic rings. The van der Waals surface area contributed by atoms with E-state index in [4.69, 9.17) is 5.73 Å². The SMILES string of the molecule is NC1(CCc2nccn3c(Br)cnc23)CC1. The second-order valence-corrected chi connectivity index (χ2v) is 5.32. The normalized spacial score (nSPS) is 17.9. The Kier molecular flexibility index (Phi) is 2.26. The van der Waals surface area contributed by atoms with Gasteiger partial charge in [-0.05, 0) is 41.6 Å². The van der Waals surface area contributed by atoms with E-state index in [9.17, 15) is 0 Å². The number of hydrogen-bond donors (Lipinski definition) is 1. The maximum absolute atomic E-state index is 6.08. The molecule has 0 unspecified atom stereocenters. The predicted molar refractivity (Wildman–Crippen MR) is 65.2 cm³/mol. The van der Waals surface area contributed by atoms with Gasteiger partial charge in [0.25, 0.3) is 0 Å². The van der Waals surface area contributed by atoms with E-state index < -0.39 is 0 Å². The Bertz CT molecular complexity index is 530. The van der Waals surface area contributed by atoms with E-state index in [1.54, 1.807) is 6.20 Å². The standard InChI is InChI=1S/C11H13BrN4/c12-9-7-15-10-8(14-5-6-16(9)10)1-2-11(13)3-4-11/h5-7H,1-4,13H2. The largest absolute Gasteiger partial charge is 0.325 e. The van der Waals surface area contributed by atoms with Crippen LogP contribution in [0, 0.1) is 0 Å². The maximum Gasteiger partial charge on any atom is 0.159 e. The third kappa shape index (κ3) is 1.74. The molecule has 84 valence electrons. The molecular formula is C11H13BrN4. The fourth-order valence-corrected chi connectivity index (χ4v) is 2.29. The summed E-state index contributed by atoms with van der Waals surface area (Å²) in [4.78, 5) is 8.74. The van der Waals surface area contributed by atoms with E-state index in [2.05, 4.69) is 25.9 Å². The average Bonchev–Trinajstić information content (AvgIpc) is 2.90. The van der Waals surface area contributed by atoms with Crippen molar-refractivity contribution in [1.29, 1.82) is 0 Å². The first kappa shape index (κ1) is 10.2. The Morgan fingerprint density at radius 3 is 3.00 bits per heavy atom. The molecule has 0 aromatic carbocycles. The fraction of sp³-hybridized carbons (Fsp3) is 0.455. The van der Waals surface area contributed by atoms with Gasteiger partial charge in [0, 0.05) is 17.9 Å². The van der Waals surface area contributed by atoms with Crippen LogP contribution in [-0.4, -0.2) is 19.9 Å². The maximum atomic E-state index is 6.08. The van der Waals surface area contributed by atoms with Gasteiger partial charge in [-0.1, -0.05) is 0 Å². The topological polar surface area (TPSA) is 56.2 Å². The zero-order chi connectivity index (χ0) is 11.2. The van der Waals surface area contributed by atoms with Gasteiger partial charge >= 0.3 is 0 Å². The van der Waals surface area contributed by atoms with Crippen LogP contribution in [0.1, 0.15) is 25.0 Å². The van der Waals surface area contributed by atoms with E-state index in [0.29, 0.717) is 0 Å². The third-order valence-corrected chi connectivity index (χ3v) is 3.79. The van der Waals surface area contributed by atoms with Gasteiger partial charge in [0.05, 0.1) is 11.9 Å². The molecule has 0 saturated heterocycles. The lowest BCUT2D eigenvalue weighted by Crippen LogP contribution is -2.22. The first-order valence-corrected chi connectivity index (χ1v) is 6.23. The molecule has 0 radical (unpaired) electrons. The van der Waals surface area contributed by atoms with Crippen LogP contribution >= 0.6 is 15.9 Å². The highest BCUT2D eigenvalue weighted by atomic mass is 79.9. The van der Waals surface area contributed by atoms with E-state index in [-0.39, 0.29) is 5.54 Å². The minimum atomic E-state index is 0.0817. The van der Waals surface area contributed by atoms with Crippen molar-refractivity contribution < 1.29 is 0 Å². The summed E-state index contributed by atoms with van der Waals surface area (Å²) in [6.07, 6.45) is 9.73. The molecule has 1 fully saturated rings. The number of nitrogens with zero attached hydrogens (tertiary/aromatic N) is 3. The molecule has 0 atom stereocenters. The smallest absolute Gasteiger partial charge is 0.159 e. The lowest BCUT2D eigenvalue weighted by molar-refractivity contribution is 0.603. The lowest BCUT2D eigenvalue weighted by atomic mass is 10.1. The number of fused-ring (bicyclic) bond motifs is 1. The zero-order valence-electron chi connectivity index (χ0n) is 8.86. The predicted octanol–water partition coefficient (Wildman–Crippen LogP) is 1.92. The minimum absolute atomic E-state index is 0.0817. The van der Waals surface area contributed by atoms with Crippen LogP contribution in [0.15, 0.2) is 23.2 Å². The molecule has 16 heavy (non-hydrogen) atoms. The summed E-state index contributed by atoms with van der Waals surface area (Å²) in [5, 5.41) is 0. The molecule has 0 spiro atoms. The van der Waals surface area contributed by atoms with E-state index in [1.807, 2.05) is 16.8 Å². The Balaban J connectivity index is 1.90. The zero-order valence-corrected chi connectivity index (χ0v) is 10.4. The van der Waals surface area contributed by atoms with Gasteiger partial charge in [-0.2, -0.15) is 0 Å². The van der Waals surface area contributed by atoms with E-state index in [0.717, 1.165) is 41.6 Å². The lowest BCUT2D eigenvalue weighted by Gasteiger charge is -2.08. The second kappa shape index (κ2) is 3.53. The molecule has 1 aliphatic carbocycles. The third-order valence-electron chi connectivity index (χ3n) is 3.21. The van der Waals surface area contributed by atoms with Crippen LogP contribution in [0.4, 0.5) is 0 Å². The first-order valence-electron chi connectivity index (χ1n) is 5.43. The van der Waals surface area contributed by atoms with Crippen molar-refractivity contribution in [1.82, 2.24) is 14.4 Å². The number of hydrogen-bond acceptors (Lipinski definition) is 3. The summed E-state index contributed by atoms with van der Waals surface area (Å²) in [6, 6.07) is 0. The van der Waals surface area contributed by atoms with Crippen LogP contribution in [0.3, 0.4) is 0 Å². The van der Waals surface area contributed by atoms with Gasteiger partial charge in [-0.25, -0.2) is 4.98 Å². The number of nitrogens with two attached hydrogens (primary N) is 1. The molecule has 2 aromatic heterocycles. The number of aromatic nitrogens is 3. The van der Waals surface area contributed by atoms with Gasteiger partial charge in [0.1, 0.15) is 4.60 Å². The fourth-order valence-electron chi connectivity index (χ4n) is 1.90. The van der Waals surface area contributed by atoms with Gasteiger partial charge in [0.15, 0.2) is 5.65 Å². The molecule has 4 nitrogen and oxygen atoms in total. The quantitative estimate of drug-likeness (QED) is 0.935.